The lowest BCUT2D eigenvalue weighted by molar-refractivity contribution is 0.0955. The molecule has 0 saturated carbocycles. The van der Waals surface area contributed by atoms with Gasteiger partial charge in [-0.1, -0.05) is 65.6 Å². The Morgan fingerprint density at radius 3 is 2.67 bits per heavy atom. The van der Waals surface area contributed by atoms with E-state index >= 15 is 0 Å². The third-order valence-corrected chi connectivity index (χ3v) is 7.73. The van der Waals surface area contributed by atoms with Gasteiger partial charge >= 0.3 is 0 Å². The van der Waals surface area contributed by atoms with E-state index in [1.54, 1.807) is 47.8 Å². The molecule has 0 bridgehead atoms. The van der Waals surface area contributed by atoms with Crippen LogP contribution in [0.25, 0.3) is 11.3 Å². The highest BCUT2D eigenvalue weighted by atomic mass is 32.2. The fourth-order valence-corrected chi connectivity index (χ4v) is 5.47. The number of amides is 1. The van der Waals surface area contributed by atoms with Crippen molar-refractivity contribution in [3.63, 3.8) is 0 Å². The van der Waals surface area contributed by atoms with E-state index in [1.165, 1.54) is 0 Å². The van der Waals surface area contributed by atoms with Crippen LogP contribution in [-0.4, -0.2) is 58.2 Å². The summed E-state index contributed by atoms with van der Waals surface area (Å²) in [6.45, 7) is 3.00. The lowest BCUT2D eigenvalue weighted by Gasteiger charge is -2.26. The second kappa shape index (κ2) is 11.5. The van der Waals surface area contributed by atoms with E-state index in [0.717, 1.165) is 50.8 Å². The zero-order chi connectivity index (χ0) is 24.7. The Balaban J connectivity index is 1.25. The van der Waals surface area contributed by atoms with E-state index in [2.05, 4.69) is 25.6 Å². The SMILES string of the molecule is Cn1cnnc1SCc1ccc(C(=O)N/N=C/c2sc(N3CCOCC3)nc2-c2ccccc2)cc1. The molecule has 9 nitrogen and oxygen atoms in total. The molecule has 1 N–H and O–H groups in total. The Morgan fingerprint density at radius 1 is 1.17 bits per heavy atom. The zero-order valence-electron chi connectivity index (χ0n) is 19.7. The Morgan fingerprint density at radius 2 is 1.94 bits per heavy atom. The number of hydrazone groups is 1. The molecular weight excluding hydrogens is 494 g/mol. The third kappa shape index (κ3) is 5.81. The highest BCUT2D eigenvalue weighted by molar-refractivity contribution is 7.98. The number of carbonyl (C=O) groups is 1. The summed E-state index contributed by atoms with van der Waals surface area (Å²) in [5, 5.41) is 14.0. The quantitative estimate of drug-likeness (QED) is 0.215. The molecule has 1 aliphatic heterocycles. The molecule has 4 aromatic rings. The van der Waals surface area contributed by atoms with Crippen molar-refractivity contribution in [1.82, 2.24) is 25.2 Å². The van der Waals surface area contributed by atoms with Crippen molar-refractivity contribution in [2.45, 2.75) is 10.9 Å². The number of thiazole rings is 1. The largest absolute Gasteiger partial charge is 0.378 e. The molecule has 3 heterocycles. The Labute approximate surface area is 217 Å². The molecule has 0 unspecified atom stereocenters. The van der Waals surface area contributed by atoms with E-state index in [0.29, 0.717) is 18.8 Å². The molecule has 1 saturated heterocycles. The highest BCUT2D eigenvalue weighted by Gasteiger charge is 2.19. The maximum absolute atomic E-state index is 12.7. The number of thioether (sulfide) groups is 1. The second-order valence-electron chi connectivity index (χ2n) is 8.08. The molecule has 1 amide bonds. The molecule has 11 heteroatoms. The summed E-state index contributed by atoms with van der Waals surface area (Å²) in [6, 6.07) is 17.5. The standard InChI is InChI=1S/C25H25N7O2S2/c1-31-17-27-30-25(31)35-16-18-7-9-20(10-8-18)23(33)29-26-15-21-22(19-5-3-2-4-6-19)28-24(36-21)32-11-13-34-14-12-32/h2-10,15,17H,11-14,16H2,1H3,(H,29,33)/b26-15+. The first-order chi connectivity index (χ1) is 17.7. The van der Waals surface area contributed by atoms with Crippen LogP contribution in [0.3, 0.4) is 0 Å². The van der Waals surface area contributed by atoms with Gasteiger partial charge in [0.1, 0.15) is 6.33 Å². The number of carbonyl (C=O) groups excluding carboxylic acids is 1. The second-order valence-corrected chi connectivity index (χ2v) is 10.0. The van der Waals surface area contributed by atoms with Gasteiger partial charge in [0.25, 0.3) is 5.91 Å². The van der Waals surface area contributed by atoms with Crippen LogP contribution in [0.1, 0.15) is 20.8 Å². The van der Waals surface area contributed by atoms with Crippen molar-refractivity contribution < 1.29 is 9.53 Å². The molecule has 5 rings (SSSR count). The van der Waals surface area contributed by atoms with Crippen LogP contribution < -0.4 is 10.3 Å². The summed E-state index contributed by atoms with van der Waals surface area (Å²) in [6.07, 6.45) is 3.35. The van der Waals surface area contributed by atoms with Crippen molar-refractivity contribution in [1.29, 1.82) is 0 Å². The lowest BCUT2D eigenvalue weighted by atomic mass is 10.1. The van der Waals surface area contributed by atoms with Gasteiger partial charge in [-0.15, -0.1) is 10.2 Å². The van der Waals surface area contributed by atoms with Crippen molar-refractivity contribution >= 4 is 40.4 Å². The monoisotopic (exact) mass is 519 g/mol. The van der Waals surface area contributed by atoms with Gasteiger partial charge in [0.15, 0.2) is 10.3 Å². The summed E-state index contributed by atoms with van der Waals surface area (Å²) in [5.74, 6) is 0.476. The fraction of sp³-hybridized carbons (Fsp3) is 0.240. The summed E-state index contributed by atoms with van der Waals surface area (Å²) >= 11 is 3.15. The van der Waals surface area contributed by atoms with Crippen molar-refractivity contribution in [2.24, 2.45) is 12.1 Å². The van der Waals surface area contributed by atoms with Gasteiger partial charge < -0.3 is 14.2 Å². The summed E-state index contributed by atoms with van der Waals surface area (Å²) in [7, 11) is 1.91. The predicted molar refractivity (Wildman–Crippen MR) is 143 cm³/mol. The topological polar surface area (TPSA) is 97.5 Å². The maximum Gasteiger partial charge on any atom is 0.271 e. The first kappa shape index (κ1) is 24.2. The van der Waals surface area contributed by atoms with Crippen LogP contribution in [0, 0.1) is 0 Å². The summed E-state index contributed by atoms with van der Waals surface area (Å²) in [4.78, 5) is 20.7. The van der Waals surface area contributed by atoms with E-state index < -0.39 is 0 Å². The predicted octanol–water partition coefficient (Wildman–Crippen LogP) is 3.83. The average molecular weight is 520 g/mol. The average Bonchev–Trinajstić information content (AvgIpc) is 3.55. The number of rotatable bonds is 8. The summed E-state index contributed by atoms with van der Waals surface area (Å²) < 4.78 is 7.35. The van der Waals surface area contributed by atoms with E-state index in [9.17, 15) is 4.79 Å². The van der Waals surface area contributed by atoms with E-state index in [4.69, 9.17) is 9.72 Å². The number of aryl methyl sites for hydroxylation is 1. The first-order valence-corrected chi connectivity index (χ1v) is 13.3. The van der Waals surface area contributed by atoms with Gasteiger partial charge in [-0.3, -0.25) is 4.79 Å². The van der Waals surface area contributed by atoms with Crippen LogP contribution >= 0.6 is 23.1 Å². The Hall–Kier alpha value is -3.54. The van der Waals surface area contributed by atoms with Crippen LogP contribution in [0.15, 0.2) is 71.2 Å². The van der Waals surface area contributed by atoms with Crippen molar-refractivity contribution in [3.8, 4) is 11.3 Å². The number of hydrogen-bond acceptors (Lipinski definition) is 9. The number of anilines is 1. The first-order valence-electron chi connectivity index (χ1n) is 11.5. The number of aromatic nitrogens is 4. The third-order valence-electron chi connectivity index (χ3n) is 5.57. The maximum atomic E-state index is 12.7. The van der Waals surface area contributed by atoms with Crippen LogP contribution in [0.4, 0.5) is 5.13 Å². The minimum absolute atomic E-state index is 0.266. The Kier molecular flexibility index (Phi) is 7.70. The number of benzene rings is 2. The fourth-order valence-electron chi connectivity index (χ4n) is 3.62. The van der Waals surface area contributed by atoms with Crippen LogP contribution in [-0.2, 0) is 17.5 Å². The van der Waals surface area contributed by atoms with Crippen molar-refractivity contribution in [3.05, 3.63) is 76.9 Å². The van der Waals surface area contributed by atoms with Crippen LogP contribution in [0.5, 0.6) is 0 Å². The van der Waals surface area contributed by atoms with Crippen LogP contribution in [0.2, 0.25) is 0 Å². The molecule has 0 aliphatic carbocycles. The molecule has 0 spiro atoms. The molecule has 2 aromatic carbocycles. The van der Waals surface area contributed by atoms with Crippen molar-refractivity contribution in [2.75, 3.05) is 31.2 Å². The smallest absolute Gasteiger partial charge is 0.271 e. The molecule has 36 heavy (non-hydrogen) atoms. The molecule has 0 radical (unpaired) electrons. The minimum atomic E-state index is -0.266. The molecule has 0 atom stereocenters. The lowest BCUT2D eigenvalue weighted by Crippen LogP contribution is -2.36. The molecular formula is C25H25N7O2S2. The summed E-state index contributed by atoms with van der Waals surface area (Å²) in [5.41, 5.74) is 6.14. The number of nitrogens with zero attached hydrogens (tertiary/aromatic N) is 6. The highest BCUT2D eigenvalue weighted by Crippen LogP contribution is 2.32. The minimum Gasteiger partial charge on any atom is -0.378 e. The van der Waals surface area contributed by atoms with Gasteiger partial charge in [-0.25, -0.2) is 10.4 Å². The number of hydrogen-bond donors (Lipinski definition) is 1. The molecule has 1 fully saturated rings. The molecule has 2 aromatic heterocycles. The normalized spacial score (nSPS) is 13.9. The zero-order valence-corrected chi connectivity index (χ0v) is 21.3. The van der Waals surface area contributed by atoms with Gasteiger partial charge in [0.05, 0.1) is 30.0 Å². The number of ether oxygens (including phenoxy) is 1. The number of morpholine rings is 1. The molecule has 1 aliphatic rings. The molecule has 184 valence electrons. The van der Waals surface area contributed by atoms with Gasteiger partial charge in [0, 0.05) is 37.0 Å². The van der Waals surface area contributed by atoms with Gasteiger partial charge in [0.2, 0.25) is 0 Å². The van der Waals surface area contributed by atoms with Gasteiger partial charge in [-0.2, -0.15) is 5.10 Å². The van der Waals surface area contributed by atoms with E-state index in [-0.39, 0.29) is 5.91 Å². The Bertz CT molecular complexity index is 1330. The number of nitrogens with one attached hydrogen (secondary N) is 1. The van der Waals surface area contributed by atoms with Gasteiger partial charge in [-0.05, 0) is 17.7 Å². The van der Waals surface area contributed by atoms with E-state index in [1.807, 2.05) is 54.1 Å².